The molecular weight excluding hydrogens is 182 g/mol. The maximum atomic E-state index is 10.4. The summed E-state index contributed by atoms with van der Waals surface area (Å²) < 4.78 is 5.04. The average molecular weight is 191 g/mol. The molecular formula is C10H9NO3. The number of carboxylic acids is 1. The van der Waals surface area contributed by atoms with Gasteiger partial charge in [0.05, 0.1) is 12.1 Å². The molecule has 0 unspecified atom stereocenters. The molecule has 1 heterocycles. The molecule has 0 amide bonds. The van der Waals surface area contributed by atoms with Gasteiger partial charge in [0.15, 0.2) is 5.58 Å². The van der Waals surface area contributed by atoms with Crippen LogP contribution in [0.2, 0.25) is 0 Å². The van der Waals surface area contributed by atoms with Gasteiger partial charge in [0.25, 0.3) is 0 Å². The van der Waals surface area contributed by atoms with Crippen molar-refractivity contribution in [1.29, 1.82) is 0 Å². The first-order valence-corrected chi connectivity index (χ1v) is 4.32. The van der Waals surface area contributed by atoms with Gasteiger partial charge in [-0.15, -0.1) is 0 Å². The van der Waals surface area contributed by atoms with Crippen molar-refractivity contribution in [3.63, 3.8) is 0 Å². The number of nitrogens with zero attached hydrogens (tertiary/aromatic N) is 1. The van der Waals surface area contributed by atoms with Gasteiger partial charge in [0.2, 0.25) is 0 Å². The highest BCUT2D eigenvalue weighted by Crippen LogP contribution is 2.18. The summed E-state index contributed by atoms with van der Waals surface area (Å²) in [6, 6.07) is 7.42. The van der Waals surface area contributed by atoms with Crippen LogP contribution in [-0.2, 0) is 11.2 Å². The van der Waals surface area contributed by atoms with Crippen LogP contribution < -0.4 is 0 Å². The lowest BCUT2D eigenvalue weighted by atomic mass is 10.1. The van der Waals surface area contributed by atoms with E-state index in [4.69, 9.17) is 9.63 Å². The van der Waals surface area contributed by atoms with Crippen LogP contribution in [0.4, 0.5) is 0 Å². The highest BCUT2D eigenvalue weighted by Gasteiger charge is 2.08. The number of aromatic nitrogens is 1. The minimum Gasteiger partial charge on any atom is -0.481 e. The minimum absolute atomic E-state index is 0.0799. The van der Waals surface area contributed by atoms with Gasteiger partial charge in [0, 0.05) is 11.8 Å². The lowest BCUT2D eigenvalue weighted by Gasteiger charge is -1.91. The fourth-order valence-corrected chi connectivity index (χ4v) is 1.34. The molecule has 0 aliphatic carbocycles. The second kappa shape index (κ2) is 3.49. The van der Waals surface area contributed by atoms with Crippen LogP contribution in [0.3, 0.4) is 0 Å². The highest BCUT2D eigenvalue weighted by molar-refractivity contribution is 5.79. The first-order chi connectivity index (χ1) is 6.77. The molecule has 2 rings (SSSR count). The van der Waals surface area contributed by atoms with E-state index in [0.717, 1.165) is 5.39 Å². The van der Waals surface area contributed by atoms with E-state index in [1.54, 1.807) is 0 Å². The van der Waals surface area contributed by atoms with Crippen molar-refractivity contribution in [2.75, 3.05) is 0 Å². The zero-order valence-electron chi connectivity index (χ0n) is 7.43. The Hall–Kier alpha value is -1.84. The van der Waals surface area contributed by atoms with Gasteiger partial charge in [-0.1, -0.05) is 17.3 Å². The van der Waals surface area contributed by atoms with Gasteiger partial charge in [0.1, 0.15) is 0 Å². The third kappa shape index (κ3) is 1.59. The molecule has 0 spiro atoms. The van der Waals surface area contributed by atoms with Gasteiger partial charge in [-0.05, 0) is 12.1 Å². The second-order valence-corrected chi connectivity index (χ2v) is 3.02. The van der Waals surface area contributed by atoms with E-state index in [1.807, 2.05) is 24.3 Å². The molecule has 14 heavy (non-hydrogen) atoms. The number of rotatable bonds is 3. The summed E-state index contributed by atoms with van der Waals surface area (Å²) in [7, 11) is 0. The summed E-state index contributed by atoms with van der Waals surface area (Å²) >= 11 is 0. The summed E-state index contributed by atoms with van der Waals surface area (Å²) in [5.41, 5.74) is 1.41. The third-order valence-electron chi connectivity index (χ3n) is 2.03. The van der Waals surface area contributed by atoms with E-state index in [-0.39, 0.29) is 6.42 Å². The smallest absolute Gasteiger partial charge is 0.303 e. The van der Waals surface area contributed by atoms with Crippen LogP contribution in [0.25, 0.3) is 11.0 Å². The minimum atomic E-state index is -0.822. The standard InChI is InChI=1S/C10H9NO3/c12-10(13)6-5-8-7-3-1-2-4-9(7)14-11-8/h1-4H,5-6H2,(H,12,13). The monoisotopic (exact) mass is 191 g/mol. The number of carboxylic acid groups (broad SMARTS) is 1. The van der Waals surface area contributed by atoms with Crippen molar-refractivity contribution in [2.45, 2.75) is 12.8 Å². The number of hydrogen-bond donors (Lipinski definition) is 1. The normalized spacial score (nSPS) is 10.6. The number of benzene rings is 1. The number of hydrogen-bond acceptors (Lipinski definition) is 3. The van der Waals surface area contributed by atoms with E-state index >= 15 is 0 Å². The number of para-hydroxylation sites is 1. The topological polar surface area (TPSA) is 63.3 Å². The molecule has 0 saturated carbocycles. The summed E-state index contributed by atoms with van der Waals surface area (Å²) in [4.78, 5) is 10.4. The van der Waals surface area contributed by atoms with E-state index in [0.29, 0.717) is 17.7 Å². The van der Waals surface area contributed by atoms with Crippen molar-refractivity contribution in [3.8, 4) is 0 Å². The van der Waals surface area contributed by atoms with Gasteiger partial charge >= 0.3 is 5.97 Å². The molecule has 2 aromatic rings. The quantitative estimate of drug-likeness (QED) is 0.804. The van der Waals surface area contributed by atoms with Crippen LogP contribution in [-0.4, -0.2) is 16.2 Å². The third-order valence-corrected chi connectivity index (χ3v) is 2.03. The molecule has 0 atom stereocenters. The van der Waals surface area contributed by atoms with E-state index in [2.05, 4.69) is 5.16 Å². The first-order valence-electron chi connectivity index (χ1n) is 4.32. The molecule has 0 fully saturated rings. The fourth-order valence-electron chi connectivity index (χ4n) is 1.34. The summed E-state index contributed by atoms with van der Waals surface area (Å²) in [5.74, 6) is -0.822. The van der Waals surface area contributed by atoms with E-state index in [1.165, 1.54) is 0 Å². The second-order valence-electron chi connectivity index (χ2n) is 3.02. The number of fused-ring (bicyclic) bond motifs is 1. The molecule has 1 aromatic carbocycles. The van der Waals surface area contributed by atoms with E-state index in [9.17, 15) is 4.79 Å². The fraction of sp³-hybridized carbons (Fsp3) is 0.200. The summed E-state index contributed by atoms with van der Waals surface area (Å²) in [5, 5.41) is 13.3. The lowest BCUT2D eigenvalue weighted by molar-refractivity contribution is -0.136. The molecule has 1 aromatic heterocycles. The molecule has 0 aliphatic heterocycles. The Morgan fingerprint density at radius 3 is 3.00 bits per heavy atom. The Bertz CT molecular complexity index is 461. The van der Waals surface area contributed by atoms with Crippen LogP contribution in [0.15, 0.2) is 28.8 Å². The largest absolute Gasteiger partial charge is 0.481 e. The molecule has 0 radical (unpaired) electrons. The SMILES string of the molecule is O=C(O)CCc1noc2ccccc12. The number of aryl methyl sites for hydroxylation is 1. The highest BCUT2D eigenvalue weighted by atomic mass is 16.5. The maximum absolute atomic E-state index is 10.4. The maximum Gasteiger partial charge on any atom is 0.303 e. The molecule has 4 heteroatoms. The molecule has 1 N–H and O–H groups in total. The lowest BCUT2D eigenvalue weighted by Crippen LogP contribution is -1.97. The van der Waals surface area contributed by atoms with Crippen LogP contribution in [0.5, 0.6) is 0 Å². The zero-order chi connectivity index (χ0) is 9.97. The summed E-state index contributed by atoms with van der Waals surface area (Å²) in [6.07, 6.45) is 0.489. The molecule has 0 bridgehead atoms. The van der Waals surface area contributed by atoms with Crippen molar-refractivity contribution in [1.82, 2.24) is 5.16 Å². The van der Waals surface area contributed by atoms with Crippen LogP contribution in [0, 0.1) is 0 Å². The Balaban J connectivity index is 2.29. The molecule has 0 aliphatic rings. The Labute approximate surface area is 80.1 Å². The average Bonchev–Trinajstić information content (AvgIpc) is 2.58. The predicted molar refractivity (Wildman–Crippen MR) is 50.0 cm³/mol. The molecule has 0 saturated heterocycles. The predicted octanol–water partition coefficient (Wildman–Crippen LogP) is 1.84. The van der Waals surface area contributed by atoms with Crippen molar-refractivity contribution < 1.29 is 14.4 Å². The van der Waals surface area contributed by atoms with Crippen LogP contribution >= 0.6 is 0 Å². The van der Waals surface area contributed by atoms with Gasteiger partial charge in [-0.2, -0.15) is 0 Å². The Kier molecular flexibility index (Phi) is 2.18. The zero-order valence-corrected chi connectivity index (χ0v) is 7.43. The Morgan fingerprint density at radius 1 is 1.43 bits per heavy atom. The van der Waals surface area contributed by atoms with Crippen molar-refractivity contribution in [3.05, 3.63) is 30.0 Å². The first kappa shape index (κ1) is 8.74. The number of aliphatic carboxylic acids is 1. The molecule has 72 valence electrons. The van der Waals surface area contributed by atoms with Crippen LogP contribution in [0.1, 0.15) is 12.1 Å². The van der Waals surface area contributed by atoms with Crippen molar-refractivity contribution >= 4 is 16.9 Å². The van der Waals surface area contributed by atoms with Crippen molar-refractivity contribution in [2.24, 2.45) is 0 Å². The molecule has 4 nitrogen and oxygen atoms in total. The van der Waals surface area contributed by atoms with Gasteiger partial charge in [-0.25, -0.2) is 0 Å². The summed E-state index contributed by atoms with van der Waals surface area (Å²) in [6.45, 7) is 0. The Morgan fingerprint density at radius 2 is 2.21 bits per heavy atom. The van der Waals surface area contributed by atoms with E-state index < -0.39 is 5.97 Å². The van der Waals surface area contributed by atoms with Gasteiger partial charge in [-0.3, -0.25) is 4.79 Å². The number of carbonyl (C=O) groups is 1. The van der Waals surface area contributed by atoms with Gasteiger partial charge < -0.3 is 9.63 Å².